The summed E-state index contributed by atoms with van der Waals surface area (Å²) in [5, 5.41) is 5.07. The lowest BCUT2D eigenvalue weighted by Crippen LogP contribution is -2.29. The number of fused-ring (bicyclic) bond motifs is 1. The molecule has 0 spiro atoms. The zero-order valence-corrected chi connectivity index (χ0v) is 25.9. The Kier molecular flexibility index (Phi) is 8.26. The van der Waals surface area contributed by atoms with Crippen molar-refractivity contribution >= 4 is 64.9 Å². The number of aryl methyl sites for hydroxylation is 1. The lowest BCUT2D eigenvalue weighted by Gasteiger charge is -2.21. The van der Waals surface area contributed by atoms with E-state index in [4.69, 9.17) is 14.5 Å². The third-order valence-corrected chi connectivity index (χ3v) is 8.31. The first-order chi connectivity index (χ1) is 17.5. The maximum absolute atomic E-state index is 13.5. The molecule has 0 radical (unpaired) electrons. The Morgan fingerprint density at radius 2 is 1.73 bits per heavy atom. The van der Waals surface area contributed by atoms with Gasteiger partial charge >= 0.3 is 0 Å². The second kappa shape index (κ2) is 11.1. The lowest BCUT2D eigenvalue weighted by atomic mass is 9.95. The van der Waals surface area contributed by atoms with Crippen LogP contribution < -0.4 is 15.0 Å². The van der Waals surface area contributed by atoms with Gasteiger partial charge in [-0.05, 0) is 68.6 Å². The molecule has 0 atom stereocenters. The van der Waals surface area contributed by atoms with Gasteiger partial charge in [-0.1, -0.05) is 66.5 Å². The van der Waals surface area contributed by atoms with Crippen molar-refractivity contribution in [2.24, 2.45) is 5.10 Å². The summed E-state index contributed by atoms with van der Waals surface area (Å²) in [5.41, 5.74) is 2.91. The molecule has 3 aromatic carbocycles. The van der Waals surface area contributed by atoms with Crippen LogP contribution in [0.1, 0.15) is 43.3 Å². The van der Waals surface area contributed by atoms with E-state index in [1.54, 1.807) is 19.4 Å². The quantitative estimate of drug-likeness (QED) is 0.194. The summed E-state index contributed by atoms with van der Waals surface area (Å²) in [5.74, 6) is 1.66. The molecule has 0 aliphatic carbocycles. The van der Waals surface area contributed by atoms with Crippen molar-refractivity contribution in [3.63, 3.8) is 0 Å². The molecule has 37 heavy (non-hydrogen) atoms. The minimum atomic E-state index is -0.416. The monoisotopic (exact) mass is 689 g/mol. The SMILES string of the molecule is COc1cc(C=Nn2c(C(C)(C)C)nc3ccc(Br)cc3c2=O)c(Br)c(Br)c1OCc1ccc(C)cc1. The van der Waals surface area contributed by atoms with Crippen molar-refractivity contribution in [1.82, 2.24) is 9.66 Å². The molecule has 6 nitrogen and oxygen atoms in total. The topological polar surface area (TPSA) is 65.7 Å². The normalized spacial score (nSPS) is 11.9. The van der Waals surface area contributed by atoms with Crippen LogP contribution in [-0.4, -0.2) is 23.0 Å². The fraction of sp³-hybridized carbons (Fsp3) is 0.250. The van der Waals surface area contributed by atoms with Crippen molar-refractivity contribution in [2.75, 3.05) is 7.11 Å². The summed E-state index contributed by atoms with van der Waals surface area (Å²) in [6.45, 7) is 8.44. The van der Waals surface area contributed by atoms with Crippen LogP contribution >= 0.6 is 47.8 Å². The minimum absolute atomic E-state index is 0.243. The Labute approximate surface area is 241 Å². The molecule has 0 bridgehead atoms. The van der Waals surface area contributed by atoms with Crippen LogP contribution in [0.4, 0.5) is 0 Å². The molecule has 0 saturated heterocycles. The molecule has 192 valence electrons. The van der Waals surface area contributed by atoms with Crippen LogP contribution in [0.2, 0.25) is 0 Å². The highest BCUT2D eigenvalue weighted by atomic mass is 79.9. The fourth-order valence-electron chi connectivity index (χ4n) is 3.69. The second-order valence-corrected chi connectivity index (χ2v) is 12.1. The molecular formula is C28H26Br3N3O3. The van der Waals surface area contributed by atoms with Gasteiger partial charge < -0.3 is 9.47 Å². The zero-order chi connectivity index (χ0) is 26.9. The highest BCUT2D eigenvalue weighted by molar-refractivity contribution is 9.13. The zero-order valence-electron chi connectivity index (χ0n) is 21.1. The molecule has 0 saturated carbocycles. The molecular weight excluding hydrogens is 666 g/mol. The number of halogens is 3. The maximum Gasteiger partial charge on any atom is 0.282 e. The van der Waals surface area contributed by atoms with Gasteiger partial charge in [-0.25, -0.2) is 4.98 Å². The third-order valence-electron chi connectivity index (χ3n) is 5.67. The number of nitrogens with zero attached hydrogens (tertiary/aromatic N) is 3. The standard InChI is InChI=1S/C28H26Br3N3O3/c1-16-6-8-17(9-7-16)15-37-25-22(36-5)12-18(23(30)24(25)31)14-32-34-26(35)20-13-19(29)10-11-21(20)33-27(34)28(2,3)4/h6-14H,15H2,1-5H3. The van der Waals surface area contributed by atoms with Gasteiger partial charge in [0, 0.05) is 19.9 Å². The summed E-state index contributed by atoms with van der Waals surface area (Å²) in [6.07, 6.45) is 1.61. The molecule has 0 amide bonds. The first-order valence-electron chi connectivity index (χ1n) is 11.5. The highest BCUT2D eigenvalue weighted by Gasteiger charge is 2.23. The second-order valence-electron chi connectivity index (χ2n) is 9.61. The maximum atomic E-state index is 13.5. The van der Waals surface area contributed by atoms with E-state index in [1.165, 1.54) is 10.2 Å². The molecule has 1 aromatic heterocycles. The third kappa shape index (κ3) is 5.99. The Morgan fingerprint density at radius 3 is 2.38 bits per heavy atom. The van der Waals surface area contributed by atoms with Gasteiger partial charge in [-0.15, -0.1) is 0 Å². The molecule has 0 aliphatic heterocycles. The molecule has 4 aromatic rings. The van der Waals surface area contributed by atoms with Crippen molar-refractivity contribution in [1.29, 1.82) is 0 Å². The van der Waals surface area contributed by atoms with Gasteiger partial charge in [0.15, 0.2) is 11.5 Å². The van der Waals surface area contributed by atoms with Crippen LogP contribution in [0.15, 0.2) is 71.8 Å². The van der Waals surface area contributed by atoms with Gasteiger partial charge in [-0.2, -0.15) is 9.78 Å². The van der Waals surface area contributed by atoms with Crippen LogP contribution in [0, 0.1) is 6.92 Å². The predicted molar refractivity (Wildman–Crippen MR) is 159 cm³/mol. The predicted octanol–water partition coefficient (Wildman–Crippen LogP) is 7.76. The Balaban J connectivity index is 1.76. The molecule has 4 rings (SSSR count). The molecule has 1 heterocycles. The van der Waals surface area contributed by atoms with Crippen molar-refractivity contribution in [3.8, 4) is 11.5 Å². The van der Waals surface area contributed by atoms with Crippen LogP contribution in [0.25, 0.3) is 10.9 Å². The summed E-state index contributed by atoms with van der Waals surface area (Å²) >= 11 is 10.7. The van der Waals surface area contributed by atoms with Crippen LogP contribution in [0.3, 0.4) is 0 Å². The van der Waals surface area contributed by atoms with E-state index in [0.717, 1.165) is 14.5 Å². The number of ether oxygens (including phenoxy) is 2. The van der Waals surface area contributed by atoms with E-state index in [0.29, 0.717) is 44.9 Å². The fourth-order valence-corrected chi connectivity index (χ4v) is 4.98. The van der Waals surface area contributed by atoms with Crippen molar-refractivity contribution in [3.05, 3.63) is 94.8 Å². The first-order valence-corrected chi connectivity index (χ1v) is 13.9. The molecule has 0 unspecified atom stereocenters. The Morgan fingerprint density at radius 1 is 1.03 bits per heavy atom. The number of hydrogen-bond donors (Lipinski definition) is 0. The largest absolute Gasteiger partial charge is 0.493 e. The average Bonchev–Trinajstić information content (AvgIpc) is 2.85. The molecule has 0 N–H and O–H groups in total. The van der Waals surface area contributed by atoms with E-state index in [-0.39, 0.29) is 5.56 Å². The number of aromatic nitrogens is 2. The van der Waals surface area contributed by atoms with E-state index in [9.17, 15) is 4.79 Å². The number of methoxy groups -OCH3 is 1. The summed E-state index contributed by atoms with van der Waals surface area (Å²) in [6, 6.07) is 15.5. The van der Waals surface area contributed by atoms with Gasteiger partial charge in [-0.3, -0.25) is 4.79 Å². The van der Waals surface area contributed by atoms with E-state index in [1.807, 2.05) is 58.0 Å². The Bertz CT molecular complexity index is 1560. The average molecular weight is 692 g/mol. The lowest BCUT2D eigenvalue weighted by molar-refractivity contribution is 0.282. The minimum Gasteiger partial charge on any atom is -0.493 e. The van der Waals surface area contributed by atoms with E-state index >= 15 is 0 Å². The summed E-state index contributed by atoms with van der Waals surface area (Å²) < 4.78 is 15.3. The summed E-state index contributed by atoms with van der Waals surface area (Å²) in [4.78, 5) is 18.2. The van der Waals surface area contributed by atoms with Gasteiger partial charge in [0.25, 0.3) is 5.56 Å². The highest BCUT2D eigenvalue weighted by Crippen LogP contribution is 2.42. The number of hydrogen-bond acceptors (Lipinski definition) is 5. The van der Waals surface area contributed by atoms with Gasteiger partial charge in [0.05, 0.1) is 28.7 Å². The van der Waals surface area contributed by atoms with Crippen LogP contribution in [0.5, 0.6) is 11.5 Å². The molecule has 9 heteroatoms. The van der Waals surface area contributed by atoms with Gasteiger partial charge in [0.2, 0.25) is 0 Å². The molecule has 0 aliphatic rings. The van der Waals surface area contributed by atoms with Crippen LogP contribution in [-0.2, 0) is 12.0 Å². The van der Waals surface area contributed by atoms with E-state index in [2.05, 4.69) is 65.0 Å². The molecule has 0 fully saturated rings. The van der Waals surface area contributed by atoms with Gasteiger partial charge in [0.1, 0.15) is 12.4 Å². The van der Waals surface area contributed by atoms with E-state index < -0.39 is 5.41 Å². The Hall–Kier alpha value is -2.49. The first kappa shape index (κ1) is 27.5. The van der Waals surface area contributed by atoms with Crippen molar-refractivity contribution < 1.29 is 9.47 Å². The summed E-state index contributed by atoms with van der Waals surface area (Å²) in [7, 11) is 1.59. The number of benzene rings is 3. The smallest absolute Gasteiger partial charge is 0.282 e. The number of rotatable bonds is 6. The van der Waals surface area contributed by atoms with Crippen molar-refractivity contribution in [2.45, 2.75) is 39.7 Å².